The zero-order valence-corrected chi connectivity index (χ0v) is 19.6. The van der Waals surface area contributed by atoms with Gasteiger partial charge in [0.25, 0.3) is 0 Å². The molecule has 10 nitrogen and oxygen atoms in total. The molecule has 0 spiro atoms. The van der Waals surface area contributed by atoms with Crippen molar-refractivity contribution in [2.75, 3.05) is 0 Å². The smallest absolute Gasteiger partial charge is 0.301 e. The average Bonchev–Trinajstić information content (AvgIpc) is 3.36. The zero-order valence-electron chi connectivity index (χ0n) is 17.3. The third-order valence-corrected chi connectivity index (χ3v) is 7.17. The third-order valence-electron chi connectivity index (χ3n) is 5.11. The van der Waals surface area contributed by atoms with E-state index >= 15 is 0 Å². The highest BCUT2D eigenvalue weighted by Gasteiger charge is 2.26. The molecule has 0 radical (unpaired) electrons. The molecule has 0 fully saturated rings. The van der Waals surface area contributed by atoms with Gasteiger partial charge in [-0.1, -0.05) is 35.3 Å². The fourth-order valence-electron chi connectivity index (χ4n) is 3.53. The highest BCUT2D eigenvalue weighted by Crippen LogP contribution is 2.44. The quantitative estimate of drug-likeness (QED) is 0.350. The number of phenols is 2. The van der Waals surface area contributed by atoms with E-state index in [1.807, 2.05) is 0 Å². The summed E-state index contributed by atoms with van der Waals surface area (Å²) < 4.78 is 32.3. The second-order valence-electron chi connectivity index (χ2n) is 7.22. The Hall–Kier alpha value is -3.93. The van der Waals surface area contributed by atoms with Crippen molar-refractivity contribution in [1.82, 2.24) is 19.2 Å². The van der Waals surface area contributed by atoms with Crippen LogP contribution in [-0.4, -0.2) is 37.8 Å². The highest BCUT2D eigenvalue weighted by molar-refractivity contribution is 7.89. The Kier molecular flexibility index (Phi) is 5.47. The van der Waals surface area contributed by atoms with Crippen LogP contribution >= 0.6 is 23.2 Å². The van der Waals surface area contributed by atoms with Crippen molar-refractivity contribution in [3.05, 3.63) is 81.6 Å². The van der Waals surface area contributed by atoms with Crippen LogP contribution in [0, 0.1) is 0 Å². The van der Waals surface area contributed by atoms with Crippen molar-refractivity contribution in [3.8, 4) is 33.9 Å². The Morgan fingerprint density at radius 2 is 1.74 bits per heavy atom. The van der Waals surface area contributed by atoms with Crippen molar-refractivity contribution < 1.29 is 23.0 Å². The maximum atomic E-state index is 13.0. The van der Waals surface area contributed by atoms with Gasteiger partial charge < -0.3 is 14.6 Å². The van der Waals surface area contributed by atoms with Gasteiger partial charge in [-0.2, -0.15) is 8.42 Å². The summed E-state index contributed by atoms with van der Waals surface area (Å²) in [5.74, 6) is -1.01. The maximum absolute atomic E-state index is 13.0. The van der Waals surface area contributed by atoms with Gasteiger partial charge in [0.1, 0.15) is 35.3 Å². The van der Waals surface area contributed by atoms with Crippen molar-refractivity contribution in [2.45, 2.75) is 5.03 Å². The van der Waals surface area contributed by atoms with Crippen molar-refractivity contribution >= 4 is 44.2 Å². The number of fused-ring (bicyclic) bond motifs is 1. The van der Waals surface area contributed by atoms with Crippen LogP contribution in [0.3, 0.4) is 0 Å². The Balaban J connectivity index is 1.84. The molecule has 3 heterocycles. The number of pyridine rings is 1. The summed E-state index contributed by atoms with van der Waals surface area (Å²) in [6, 6.07) is 9.78. The lowest BCUT2D eigenvalue weighted by molar-refractivity contribution is 0.453. The molecule has 0 aliphatic carbocycles. The summed E-state index contributed by atoms with van der Waals surface area (Å²) in [5, 5.41) is 24.3. The van der Waals surface area contributed by atoms with Crippen LogP contribution in [0.25, 0.3) is 33.4 Å². The molecule has 0 atom stereocenters. The Morgan fingerprint density at radius 3 is 2.46 bits per heavy atom. The zero-order chi connectivity index (χ0) is 24.9. The molecule has 13 heteroatoms. The molecule has 2 N–H and O–H groups in total. The first-order valence-corrected chi connectivity index (χ1v) is 11.9. The largest absolute Gasteiger partial charge is 0.507 e. The van der Waals surface area contributed by atoms with E-state index in [4.69, 9.17) is 27.6 Å². The van der Waals surface area contributed by atoms with Crippen LogP contribution in [0.15, 0.2) is 75.6 Å². The van der Waals surface area contributed by atoms with Gasteiger partial charge in [0.15, 0.2) is 16.0 Å². The predicted octanol–water partition coefficient (Wildman–Crippen LogP) is 4.07. The molecule has 0 saturated heterocycles. The molecule has 0 bridgehead atoms. The second kappa shape index (κ2) is 8.38. The van der Waals surface area contributed by atoms with Gasteiger partial charge in [0.2, 0.25) is 0 Å². The standard InChI is InChI=1S/C22H12Cl2N4O6S/c23-13-4-2-1-3-11(13)18-7-17(31)21-16(30)6-15(29)20(22(21)34-18)12-5-19(26-8-14(12)24)35(32,33)28-10-25-9-27-28/h1-10,29-30H. The molecule has 0 unspecified atom stereocenters. The molecular formula is C22H12Cl2N4O6S. The van der Waals surface area contributed by atoms with Gasteiger partial charge in [-0.05, 0) is 18.2 Å². The maximum Gasteiger partial charge on any atom is 0.301 e. The summed E-state index contributed by atoms with van der Waals surface area (Å²) in [5.41, 5.74) is -0.631. The fourth-order valence-corrected chi connectivity index (χ4v) is 4.94. The molecular weight excluding hydrogens is 519 g/mol. The normalized spacial score (nSPS) is 11.7. The van der Waals surface area contributed by atoms with Gasteiger partial charge >= 0.3 is 10.0 Å². The van der Waals surface area contributed by atoms with Gasteiger partial charge in [0, 0.05) is 29.5 Å². The molecule has 176 valence electrons. The summed E-state index contributed by atoms with van der Waals surface area (Å²) in [4.78, 5) is 20.4. The number of aromatic hydroxyl groups is 2. The molecule has 35 heavy (non-hydrogen) atoms. The Morgan fingerprint density at radius 1 is 0.971 bits per heavy atom. The number of hydrogen-bond donors (Lipinski definition) is 2. The lowest BCUT2D eigenvalue weighted by Gasteiger charge is -2.14. The van der Waals surface area contributed by atoms with Crippen LogP contribution in [0.4, 0.5) is 0 Å². The van der Waals surface area contributed by atoms with Crippen molar-refractivity contribution in [3.63, 3.8) is 0 Å². The first-order valence-electron chi connectivity index (χ1n) is 9.72. The van der Waals surface area contributed by atoms with E-state index in [0.29, 0.717) is 14.7 Å². The number of nitrogens with zero attached hydrogens (tertiary/aromatic N) is 4. The minimum Gasteiger partial charge on any atom is -0.507 e. The first kappa shape index (κ1) is 22.8. The van der Waals surface area contributed by atoms with Gasteiger partial charge in [0.05, 0.1) is 15.6 Å². The van der Waals surface area contributed by atoms with E-state index in [1.165, 1.54) is 0 Å². The predicted molar refractivity (Wildman–Crippen MR) is 127 cm³/mol. The molecule has 5 aromatic rings. The molecule has 5 rings (SSSR count). The molecule has 3 aromatic heterocycles. The topological polar surface area (TPSA) is 148 Å². The molecule has 0 saturated carbocycles. The van der Waals surface area contributed by atoms with Crippen molar-refractivity contribution in [2.24, 2.45) is 0 Å². The van der Waals surface area contributed by atoms with Crippen LogP contribution < -0.4 is 5.43 Å². The Labute approximate surface area is 206 Å². The van der Waals surface area contributed by atoms with Crippen LogP contribution in [0.2, 0.25) is 10.0 Å². The minimum absolute atomic E-state index is 0.0256. The fraction of sp³-hybridized carbons (Fsp3) is 0. The van der Waals surface area contributed by atoms with E-state index in [1.54, 1.807) is 24.3 Å². The first-order chi connectivity index (χ1) is 16.7. The van der Waals surface area contributed by atoms with Gasteiger partial charge in [-0.15, -0.1) is 9.19 Å². The lowest BCUT2D eigenvalue weighted by atomic mass is 10.0. The van der Waals surface area contributed by atoms with Crippen LogP contribution in [0.1, 0.15) is 0 Å². The van der Waals surface area contributed by atoms with E-state index in [-0.39, 0.29) is 32.9 Å². The summed E-state index contributed by atoms with van der Waals surface area (Å²) in [6.45, 7) is 0. The number of rotatable bonds is 4. The summed E-state index contributed by atoms with van der Waals surface area (Å²) >= 11 is 12.6. The number of phenolic OH excluding ortho intramolecular Hbond substituents is 2. The monoisotopic (exact) mass is 530 g/mol. The number of aromatic nitrogens is 4. The average molecular weight is 531 g/mol. The van der Waals surface area contributed by atoms with E-state index < -0.39 is 32.0 Å². The minimum atomic E-state index is -4.25. The summed E-state index contributed by atoms with van der Waals surface area (Å²) in [6.07, 6.45) is 3.08. The van der Waals surface area contributed by atoms with Crippen LogP contribution in [-0.2, 0) is 10.0 Å². The molecule has 2 aromatic carbocycles. The molecule has 0 aliphatic heterocycles. The second-order valence-corrected chi connectivity index (χ2v) is 9.78. The summed E-state index contributed by atoms with van der Waals surface area (Å²) in [7, 11) is -4.25. The number of hydrogen-bond acceptors (Lipinski definition) is 9. The molecule has 0 amide bonds. The van der Waals surface area contributed by atoms with E-state index in [9.17, 15) is 23.4 Å². The molecule has 0 aliphatic rings. The Bertz CT molecular complexity index is 1790. The van der Waals surface area contributed by atoms with E-state index in [2.05, 4.69) is 15.1 Å². The lowest BCUT2D eigenvalue weighted by Crippen LogP contribution is -2.15. The van der Waals surface area contributed by atoms with Crippen LogP contribution in [0.5, 0.6) is 11.5 Å². The number of halogens is 2. The van der Waals surface area contributed by atoms with E-state index in [0.717, 1.165) is 37.1 Å². The van der Waals surface area contributed by atoms with Gasteiger partial charge in [-0.3, -0.25) is 4.79 Å². The van der Waals surface area contributed by atoms with Crippen molar-refractivity contribution in [1.29, 1.82) is 0 Å². The third kappa shape index (κ3) is 3.79. The SMILES string of the molecule is O=c1cc(-c2ccccc2Cl)oc2c(-c3cc(S(=O)(=O)n4cncn4)ncc3Cl)c(O)cc(O)c12. The number of benzene rings is 2. The van der Waals surface area contributed by atoms with Gasteiger partial charge in [-0.25, -0.2) is 9.97 Å². The highest BCUT2D eigenvalue weighted by atomic mass is 35.5.